The number of amides is 1. The van der Waals surface area contributed by atoms with Crippen molar-refractivity contribution < 1.29 is 22.8 Å². The fourth-order valence-electron chi connectivity index (χ4n) is 3.04. The number of nitrogens with zero attached hydrogens (tertiary/aromatic N) is 5. The molecule has 0 unspecified atom stereocenters. The maximum absolute atomic E-state index is 13.5. The van der Waals surface area contributed by atoms with Gasteiger partial charge in [-0.05, 0) is 36.4 Å². The van der Waals surface area contributed by atoms with Gasteiger partial charge < -0.3 is 10.5 Å². The standard InChI is InChI=1S/C19H15FN6O4S/c1-10(27)22-17-14-9-13(15-7-8-21-19(23-15)31(2,29)30)16(26(28)18(14)25-24-17)11-3-5-12(20)6-4-11/h3-9,28H,1-2H3,(H,22,24,27). The first-order chi connectivity index (χ1) is 14.6. The number of hydrogen-bond acceptors (Lipinski definition) is 8. The Kier molecular flexibility index (Phi) is 4.85. The molecule has 2 aliphatic heterocycles. The molecule has 2 N–H and O–H groups in total. The molecule has 0 saturated heterocycles. The lowest BCUT2D eigenvalue weighted by Crippen LogP contribution is -2.10. The molecule has 1 amide bonds. The molecule has 12 heteroatoms. The molecule has 0 atom stereocenters. The Hall–Kier alpha value is -3.93. The fourth-order valence-corrected chi connectivity index (χ4v) is 3.56. The normalized spacial score (nSPS) is 11.6. The van der Waals surface area contributed by atoms with Crippen LogP contribution in [0.1, 0.15) is 6.92 Å². The molecule has 0 saturated carbocycles. The van der Waals surface area contributed by atoms with E-state index in [2.05, 4.69) is 25.5 Å². The van der Waals surface area contributed by atoms with E-state index in [-0.39, 0.29) is 34.2 Å². The van der Waals surface area contributed by atoms with Crippen LogP contribution in [0.2, 0.25) is 0 Å². The second-order valence-corrected chi connectivity index (χ2v) is 8.60. The summed E-state index contributed by atoms with van der Waals surface area (Å²) in [5.74, 6) is -0.728. The van der Waals surface area contributed by atoms with Crippen molar-refractivity contribution in [3.05, 3.63) is 48.4 Å². The Morgan fingerprint density at radius 2 is 1.84 bits per heavy atom. The van der Waals surface area contributed by atoms with Gasteiger partial charge in [0.05, 0.1) is 17.0 Å². The third-order valence-corrected chi connectivity index (χ3v) is 5.21. The first-order valence-electron chi connectivity index (χ1n) is 8.83. The van der Waals surface area contributed by atoms with Crippen LogP contribution in [0.25, 0.3) is 33.9 Å². The summed E-state index contributed by atoms with van der Waals surface area (Å²) in [4.78, 5) is 19.4. The summed E-state index contributed by atoms with van der Waals surface area (Å²) in [7, 11) is -3.71. The second-order valence-electron chi connectivity index (χ2n) is 6.69. The lowest BCUT2D eigenvalue weighted by Gasteiger charge is -2.17. The Morgan fingerprint density at radius 3 is 2.48 bits per heavy atom. The van der Waals surface area contributed by atoms with Crippen LogP contribution in [0.5, 0.6) is 0 Å². The molecular formula is C19H15FN6O4S. The highest BCUT2D eigenvalue weighted by Gasteiger charge is 2.26. The average molecular weight is 442 g/mol. The number of benzene rings is 1. The predicted molar refractivity (Wildman–Crippen MR) is 108 cm³/mol. The lowest BCUT2D eigenvalue weighted by atomic mass is 10.00. The van der Waals surface area contributed by atoms with Crippen LogP contribution < -0.4 is 5.32 Å². The van der Waals surface area contributed by atoms with E-state index in [0.29, 0.717) is 5.56 Å². The Balaban J connectivity index is 2.06. The zero-order valence-corrected chi connectivity index (χ0v) is 17.1. The molecule has 0 fully saturated rings. The van der Waals surface area contributed by atoms with Gasteiger partial charge in [0.2, 0.25) is 26.7 Å². The number of aromatic nitrogens is 5. The van der Waals surface area contributed by atoms with E-state index >= 15 is 0 Å². The average Bonchev–Trinajstić information content (AvgIpc) is 3.11. The Bertz CT molecular complexity index is 1390. The number of carbonyl (C=O) groups excluding carboxylic acids is 1. The van der Waals surface area contributed by atoms with Crippen molar-refractivity contribution in [2.24, 2.45) is 0 Å². The highest BCUT2D eigenvalue weighted by molar-refractivity contribution is 7.90. The third kappa shape index (κ3) is 3.80. The molecule has 0 bridgehead atoms. The molecule has 0 aliphatic carbocycles. The van der Waals surface area contributed by atoms with E-state index in [1.807, 2.05) is 0 Å². The molecule has 158 valence electrons. The number of fused-ring (bicyclic) bond motifs is 1. The fraction of sp³-hybridized carbons (Fsp3) is 0.105. The number of hydrogen-bond donors (Lipinski definition) is 2. The number of rotatable bonds is 4. The van der Waals surface area contributed by atoms with E-state index in [0.717, 1.165) is 11.0 Å². The number of halogens is 1. The molecule has 2 aromatic rings. The van der Waals surface area contributed by atoms with Gasteiger partial charge in [-0.25, -0.2) is 22.8 Å². The van der Waals surface area contributed by atoms with Gasteiger partial charge in [0.15, 0.2) is 5.82 Å². The molecule has 1 aromatic carbocycles. The summed E-state index contributed by atoms with van der Waals surface area (Å²) >= 11 is 0. The zero-order valence-electron chi connectivity index (χ0n) is 16.2. The second kappa shape index (κ2) is 7.40. The largest absolute Gasteiger partial charge is 0.426 e. The van der Waals surface area contributed by atoms with Crippen molar-refractivity contribution in [1.29, 1.82) is 0 Å². The monoisotopic (exact) mass is 442 g/mol. The van der Waals surface area contributed by atoms with Crippen LogP contribution >= 0.6 is 0 Å². The van der Waals surface area contributed by atoms with Crippen LogP contribution in [0.15, 0.2) is 47.8 Å². The first kappa shape index (κ1) is 20.3. The molecule has 0 spiro atoms. The summed E-state index contributed by atoms with van der Waals surface area (Å²) in [6, 6.07) is 8.33. The van der Waals surface area contributed by atoms with Gasteiger partial charge in [0.1, 0.15) is 5.82 Å². The van der Waals surface area contributed by atoms with Gasteiger partial charge in [-0.3, -0.25) is 4.79 Å². The van der Waals surface area contributed by atoms with Crippen LogP contribution in [0.3, 0.4) is 0 Å². The first-order valence-corrected chi connectivity index (χ1v) is 10.7. The molecule has 10 nitrogen and oxygen atoms in total. The van der Waals surface area contributed by atoms with E-state index in [1.165, 1.54) is 43.5 Å². The Morgan fingerprint density at radius 1 is 1.13 bits per heavy atom. The zero-order chi connectivity index (χ0) is 22.3. The summed E-state index contributed by atoms with van der Waals surface area (Å²) < 4.78 is 38.1. The molecular weight excluding hydrogens is 427 g/mol. The molecule has 2 aliphatic rings. The smallest absolute Gasteiger partial charge is 0.247 e. The van der Waals surface area contributed by atoms with Gasteiger partial charge in [0.25, 0.3) is 0 Å². The minimum absolute atomic E-state index is 0.0317. The van der Waals surface area contributed by atoms with Gasteiger partial charge in [-0.15, -0.1) is 10.2 Å². The topological polar surface area (TPSA) is 140 Å². The highest BCUT2D eigenvalue weighted by Crippen LogP contribution is 2.39. The van der Waals surface area contributed by atoms with Crippen molar-refractivity contribution in [2.75, 3.05) is 11.6 Å². The molecule has 31 heavy (non-hydrogen) atoms. The van der Waals surface area contributed by atoms with Crippen LogP contribution in [0, 0.1) is 5.82 Å². The minimum atomic E-state index is -3.71. The maximum Gasteiger partial charge on any atom is 0.247 e. The van der Waals surface area contributed by atoms with E-state index < -0.39 is 26.7 Å². The van der Waals surface area contributed by atoms with E-state index in [4.69, 9.17) is 0 Å². The lowest BCUT2D eigenvalue weighted by molar-refractivity contribution is -0.114. The number of carbonyl (C=O) groups is 1. The SMILES string of the molecule is CC(=O)Nc1nnc2n(O)c(-c3ccc(F)cc3)c(-c3ccnc(S(C)(=O)=O)n3)cc1-2. The minimum Gasteiger partial charge on any atom is -0.426 e. The highest BCUT2D eigenvalue weighted by atomic mass is 32.2. The van der Waals surface area contributed by atoms with Crippen molar-refractivity contribution in [3.63, 3.8) is 0 Å². The van der Waals surface area contributed by atoms with Crippen molar-refractivity contribution in [2.45, 2.75) is 12.1 Å². The summed E-state index contributed by atoms with van der Waals surface area (Å²) in [5.41, 5.74) is 1.33. The summed E-state index contributed by atoms with van der Waals surface area (Å²) in [6.07, 6.45) is 2.25. The molecule has 4 rings (SSSR count). The van der Waals surface area contributed by atoms with Gasteiger partial charge >= 0.3 is 0 Å². The maximum atomic E-state index is 13.5. The molecule has 3 heterocycles. The van der Waals surface area contributed by atoms with Crippen molar-refractivity contribution in [3.8, 4) is 33.9 Å². The van der Waals surface area contributed by atoms with Crippen LogP contribution in [-0.4, -0.2) is 50.7 Å². The molecule has 1 aromatic heterocycles. The number of sulfone groups is 1. The summed E-state index contributed by atoms with van der Waals surface area (Å²) in [5, 5.41) is 20.9. The van der Waals surface area contributed by atoms with E-state index in [9.17, 15) is 22.8 Å². The predicted octanol–water partition coefficient (Wildman–Crippen LogP) is 2.25. The van der Waals surface area contributed by atoms with Gasteiger partial charge in [-0.1, -0.05) is 0 Å². The van der Waals surface area contributed by atoms with Crippen molar-refractivity contribution in [1.82, 2.24) is 24.9 Å². The van der Waals surface area contributed by atoms with Gasteiger partial charge in [0, 0.05) is 30.5 Å². The van der Waals surface area contributed by atoms with Crippen LogP contribution in [0.4, 0.5) is 10.2 Å². The quantitative estimate of drug-likeness (QED) is 0.362. The van der Waals surface area contributed by atoms with E-state index in [1.54, 1.807) is 6.07 Å². The number of anilines is 1. The Labute approximate surface area is 175 Å². The van der Waals surface area contributed by atoms with Gasteiger partial charge in [-0.2, -0.15) is 4.73 Å². The number of nitrogens with one attached hydrogen (secondary N) is 1. The number of pyridine rings is 1. The summed E-state index contributed by atoms with van der Waals surface area (Å²) in [6.45, 7) is 1.30. The molecule has 0 radical (unpaired) electrons. The third-order valence-electron chi connectivity index (χ3n) is 4.35. The van der Waals surface area contributed by atoms with Crippen molar-refractivity contribution >= 4 is 21.6 Å². The van der Waals surface area contributed by atoms with Crippen LogP contribution in [-0.2, 0) is 14.6 Å².